The molecule has 1 heterocycles. The summed E-state index contributed by atoms with van der Waals surface area (Å²) in [6, 6.07) is 9.67. The first-order chi connectivity index (χ1) is 12.9. The zero-order valence-electron chi connectivity index (χ0n) is 16.8. The number of benzene rings is 1. The molecule has 0 radical (unpaired) electrons. The van der Waals surface area contributed by atoms with Gasteiger partial charge in [-0.3, -0.25) is 9.36 Å². The lowest BCUT2D eigenvalue weighted by atomic mass is 10.1. The second-order valence-corrected chi connectivity index (χ2v) is 7.16. The Morgan fingerprint density at radius 2 is 1.56 bits per heavy atom. The predicted octanol–water partition coefficient (Wildman–Crippen LogP) is 1.94. The van der Waals surface area contributed by atoms with Crippen LogP contribution in [0.3, 0.4) is 0 Å². The van der Waals surface area contributed by atoms with Crippen molar-refractivity contribution >= 4 is 5.69 Å². The van der Waals surface area contributed by atoms with Crippen LogP contribution >= 0.6 is 0 Å². The lowest BCUT2D eigenvalue weighted by molar-refractivity contribution is 0.267. The normalized spacial score (nSPS) is 11.3. The Labute approximate surface area is 161 Å². The van der Waals surface area contributed by atoms with Crippen LogP contribution < -0.4 is 17.0 Å². The van der Waals surface area contributed by atoms with Crippen molar-refractivity contribution in [1.82, 2.24) is 14.0 Å². The summed E-state index contributed by atoms with van der Waals surface area (Å²) in [6.07, 6.45) is 4.94. The second-order valence-electron chi connectivity index (χ2n) is 7.16. The molecule has 1 aromatic carbocycles. The first-order valence-electron chi connectivity index (χ1n) is 9.75. The van der Waals surface area contributed by atoms with Crippen molar-refractivity contribution in [2.24, 2.45) is 14.1 Å². The average molecular weight is 373 g/mol. The van der Waals surface area contributed by atoms with Crippen LogP contribution in [0.4, 0.5) is 5.69 Å². The van der Waals surface area contributed by atoms with E-state index < -0.39 is 0 Å². The van der Waals surface area contributed by atoms with Gasteiger partial charge in [-0.05, 0) is 69.4 Å². The molecule has 0 aliphatic heterocycles. The zero-order chi connectivity index (χ0) is 19.8. The van der Waals surface area contributed by atoms with Gasteiger partial charge in [0.2, 0.25) is 0 Å². The number of rotatable bonds is 10. The highest BCUT2D eigenvalue weighted by Gasteiger charge is 2.08. The van der Waals surface area contributed by atoms with Crippen molar-refractivity contribution in [2.75, 3.05) is 25.4 Å². The van der Waals surface area contributed by atoms with E-state index in [0.717, 1.165) is 67.7 Å². The maximum Gasteiger partial charge on any atom is 0.330 e. The van der Waals surface area contributed by atoms with Gasteiger partial charge >= 0.3 is 5.69 Å². The van der Waals surface area contributed by atoms with Crippen LogP contribution in [-0.4, -0.2) is 33.7 Å². The molecule has 2 N–H and O–H groups in total. The van der Waals surface area contributed by atoms with Crippen molar-refractivity contribution in [3.63, 3.8) is 0 Å². The predicted molar refractivity (Wildman–Crippen MR) is 111 cm³/mol. The highest BCUT2D eigenvalue weighted by Crippen LogP contribution is 2.09. The Bertz CT molecular complexity index is 837. The molecule has 1 aromatic heterocycles. The fourth-order valence-corrected chi connectivity index (χ4v) is 3.34. The second kappa shape index (κ2) is 10.1. The van der Waals surface area contributed by atoms with Gasteiger partial charge in [-0.2, -0.15) is 0 Å². The van der Waals surface area contributed by atoms with Crippen molar-refractivity contribution in [3.8, 4) is 0 Å². The molecule has 2 aromatic rings. The van der Waals surface area contributed by atoms with E-state index in [0.29, 0.717) is 0 Å². The summed E-state index contributed by atoms with van der Waals surface area (Å²) >= 11 is 0. The van der Waals surface area contributed by atoms with Gasteiger partial charge in [-0.1, -0.05) is 19.1 Å². The van der Waals surface area contributed by atoms with Gasteiger partial charge in [0.15, 0.2) is 0 Å². The summed E-state index contributed by atoms with van der Waals surface area (Å²) in [5.41, 5.74) is 8.17. The van der Waals surface area contributed by atoms with E-state index in [-0.39, 0.29) is 11.2 Å². The minimum Gasteiger partial charge on any atom is -0.399 e. The summed E-state index contributed by atoms with van der Waals surface area (Å²) < 4.78 is 2.72. The molecule has 0 aliphatic carbocycles. The lowest BCUT2D eigenvalue weighted by Gasteiger charge is -2.22. The molecule has 148 valence electrons. The Hall–Kier alpha value is -2.34. The van der Waals surface area contributed by atoms with Crippen LogP contribution in [0.2, 0.25) is 0 Å². The van der Waals surface area contributed by atoms with Gasteiger partial charge in [0, 0.05) is 31.5 Å². The van der Waals surface area contributed by atoms with E-state index >= 15 is 0 Å². The minimum absolute atomic E-state index is 0.234. The summed E-state index contributed by atoms with van der Waals surface area (Å²) in [5, 5.41) is 0. The van der Waals surface area contributed by atoms with Crippen LogP contribution in [0.1, 0.15) is 37.4 Å². The third kappa shape index (κ3) is 6.10. The lowest BCUT2D eigenvalue weighted by Crippen LogP contribution is -2.38. The molecule has 0 aliphatic rings. The van der Waals surface area contributed by atoms with E-state index in [1.807, 2.05) is 12.1 Å². The molecule has 0 saturated carbocycles. The molecule has 0 bridgehead atoms. The van der Waals surface area contributed by atoms with Crippen LogP contribution in [0.5, 0.6) is 0 Å². The summed E-state index contributed by atoms with van der Waals surface area (Å²) in [6.45, 7) is 5.28. The molecule has 0 fully saturated rings. The quantitative estimate of drug-likeness (QED) is 0.647. The Balaban J connectivity index is 1.84. The van der Waals surface area contributed by atoms with Crippen molar-refractivity contribution in [3.05, 3.63) is 62.4 Å². The van der Waals surface area contributed by atoms with Crippen LogP contribution in [0.25, 0.3) is 0 Å². The van der Waals surface area contributed by atoms with Crippen molar-refractivity contribution < 1.29 is 0 Å². The third-order valence-electron chi connectivity index (χ3n) is 4.99. The SMILES string of the molecule is CCCN(CCCc1ccc(N)cc1)CCCc1cc(=O)n(C)c(=O)n1C. The molecule has 0 spiro atoms. The summed E-state index contributed by atoms with van der Waals surface area (Å²) in [4.78, 5) is 26.3. The smallest absolute Gasteiger partial charge is 0.330 e. The van der Waals surface area contributed by atoms with Crippen molar-refractivity contribution in [1.29, 1.82) is 0 Å². The first-order valence-corrected chi connectivity index (χ1v) is 9.75. The summed E-state index contributed by atoms with van der Waals surface area (Å²) in [7, 11) is 3.24. The monoisotopic (exact) mass is 372 g/mol. The molecule has 0 saturated heterocycles. The van der Waals surface area contributed by atoms with Crippen molar-refractivity contribution in [2.45, 2.75) is 39.0 Å². The molecular weight excluding hydrogens is 340 g/mol. The summed E-state index contributed by atoms with van der Waals surface area (Å²) in [5.74, 6) is 0. The Kier molecular flexibility index (Phi) is 7.85. The number of nitrogen functional groups attached to an aromatic ring is 1. The number of nitrogens with zero attached hydrogens (tertiary/aromatic N) is 3. The van der Waals surface area contributed by atoms with Gasteiger partial charge in [-0.15, -0.1) is 0 Å². The van der Waals surface area contributed by atoms with Gasteiger partial charge in [0.05, 0.1) is 0 Å². The van der Waals surface area contributed by atoms with Crippen LogP contribution in [0.15, 0.2) is 39.9 Å². The number of aromatic nitrogens is 2. The third-order valence-corrected chi connectivity index (χ3v) is 4.99. The van der Waals surface area contributed by atoms with Gasteiger partial charge < -0.3 is 15.2 Å². The first kappa shape index (κ1) is 21.0. The minimum atomic E-state index is -0.258. The van der Waals surface area contributed by atoms with Crippen LogP contribution in [-0.2, 0) is 26.9 Å². The van der Waals surface area contributed by atoms with E-state index in [1.165, 1.54) is 12.6 Å². The highest BCUT2D eigenvalue weighted by molar-refractivity contribution is 5.39. The maximum absolute atomic E-state index is 12.0. The fraction of sp³-hybridized carbons (Fsp3) is 0.524. The van der Waals surface area contributed by atoms with Gasteiger partial charge in [0.1, 0.15) is 0 Å². The average Bonchev–Trinajstić information content (AvgIpc) is 2.65. The van der Waals surface area contributed by atoms with E-state index in [1.54, 1.807) is 17.7 Å². The van der Waals surface area contributed by atoms with E-state index in [2.05, 4.69) is 24.0 Å². The zero-order valence-corrected chi connectivity index (χ0v) is 16.8. The topological polar surface area (TPSA) is 73.3 Å². The Morgan fingerprint density at radius 1 is 0.926 bits per heavy atom. The fourth-order valence-electron chi connectivity index (χ4n) is 3.34. The number of hydrogen-bond donors (Lipinski definition) is 1. The molecule has 6 nitrogen and oxygen atoms in total. The molecule has 0 atom stereocenters. The Morgan fingerprint density at radius 3 is 2.19 bits per heavy atom. The molecule has 2 rings (SSSR count). The molecular formula is C21H32N4O2. The van der Waals surface area contributed by atoms with Gasteiger partial charge in [0.25, 0.3) is 5.56 Å². The number of hydrogen-bond acceptors (Lipinski definition) is 4. The molecule has 0 amide bonds. The largest absolute Gasteiger partial charge is 0.399 e. The number of aryl methyl sites for hydroxylation is 2. The highest BCUT2D eigenvalue weighted by atomic mass is 16.2. The van der Waals surface area contributed by atoms with Gasteiger partial charge in [-0.25, -0.2) is 4.79 Å². The molecule has 6 heteroatoms. The number of anilines is 1. The van der Waals surface area contributed by atoms with Crippen LogP contribution in [0, 0.1) is 0 Å². The maximum atomic E-state index is 12.0. The van der Waals surface area contributed by atoms with E-state index in [9.17, 15) is 9.59 Å². The molecule has 0 unspecified atom stereocenters. The number of nitrogens with two attached hydrogens (primary N) is 1. The van der Waals surface area contributed by atoms with E-state index in [4.69, 9.17) is 5.73 Å². The standard InChI is InChI=1S/C21H32N4O2/c1-4-13-25(14-5-7-17-9-11-18(22)12-10-17)15-6-8-19-16-20(26)24(3)21(27)23(19)2/h9-12,16H,4-8,13-15,22H2,1-3H3. The molecule has 27 heavy (non-hydrogen) atoms.